The highest BCUT2D eigenvalue weighted by molar-refractivity contribution is 5.37. The Balaban J connectivity index is 1.91. The maximum absolute atomic E-state index is 6.02. The first kappa shape index (κ1) is 15.4. The zero-order valence-corrected chi connectivity index (χ0v) is 13.2. The molecule has 1 N–H and O–H groups in total. The van der Waals surface area contributed by atoms with Crippen LogP contribution in [-0.2, 0) is 0 Å². The van der Waals surface area contributed by atoms with Gasteiger partial charge in [-0.3, -0.25) is 0 Å². The van der Waals surface area contributed by atoms with E-state index in [1.807, 2.05) is 0 Å². The number of ether oxygens (including phenoxy) is 1. The van der Waals surface area contributed by atoms with Gasteiger partial charge in [0.25, 0.3) is 0 Å². The van der Waals surface area contributed by atoms with Crippen molar-refractivity contribution in [2.24, 2.45) is 5.92 Å². The van der Waals surface area contributed by atoms with Crippen LogP contribution in [-0.4, -0.2) is 13.2 Å². The van der Waals surface area contributed by atoms with E-state index in [2.05, 4.69) is 44.3 Å². The molecule has 0 heterocycles. The molecule has 1 atom stereocenters. The lowest BCUT2D eigenvalue weighted by Gasteiger charge is -2.17. The maximum atomic E-state index is 6.02. The molecule has 0 radical (unpaired) electrons. The average Bonchev–Trinajstić information content (AvgIpc) is 2.96. The van der Waals surface area contributed by atoms with Crippen molar-refractivity contribution >= 4 is 0 Å². The van der Waals surface area contributed by atoms with Crippen molar-refractivity contribution in [2.45, 2.75) is 58.9 Å². The number of aryl methyl sites for hydroxylation is 1. The van der Waals surface area contributed by atoms with E-state index in [0.29, 0.717) is 6.04 Å². The normalized spacial score (nSPS) is 17.4. The van der Waals surface area contributed by atoms with Gasteiger partial charge in [-0.2, -0.15) is 0 Å². The molecule has 1 aromatic carbocycles. The van der Waals surface area contributed by atoms with E-state index in [1.165, 1.54) is 43.2 Å². The van der Waals surface area contributed by atoms with Crippen molar-refractivity contribution in [1.29, 1.82) is 0 Å². The Morgan fingerprint density at radius 1 is 1.30 bits per heavy atom. The quantitative estimate of drug-likeness (QED) is 0.783. The second-order valence-electron chi connectivity index (χ2n) is 6.16. The maximum Gasteiger partial charge on any atom is 0.122 e. The third kappa shape index (κ3) is 4.24. The topological polar surface area (TPSA) is 21.3 Å². The lowest BCUT2D eigenvalue weighted by Crippen LogP contribution is -2.19. The summed E-state index contributed by atoms with van der Waals surface area (Å²) in [6.45, 7) is 8.54. The third-order valence-corrected chi connectivity index (χ3v) is 4.35. The summed E-state index contributed by atoms with van der Waals surface area (Å²) in [5.41, 5.74) is 2.61. The molecule has 112 valence electrons. The van der Waals surface area contributed by atoms with E-state index in [1.54, 1.807) is 0 Å². The zero-order chi connectivity index (χ0) is 14.4. The second kappa shape index (κ2) is 7.68. The summed E-state index contributed by atoms with van der Waals surface area (Å²) in [6.07, 6.45) is 6.62. The van der Waals surface area contributed by atoms with E-state index in [9.17, 15) is 0 Å². The van der Waals surface area contributed by atoms with Crippen molar-refractivity contribution in [3.8, 4) is 5.75 Å². The van der Waals surface area contributed by atoms with Crippen molar-refractivity contribution < 1.29 is 4.74 Å². The largest absolute Gasteiger partial charge is 0.493 e. The molecule has 2 rings (SSSR count). The highest BCUT2D eigenvalue weighted by Crippen LogP contribution is 2.27. The highest BCUT2D eigenvalue weighted by atomic mass is 16.5. The molecule has 1 aliphatic carbocycles. The third-order valence-electron chi connectivity index (χ3n) is 4.35. The summed E-state index contributed by atoms with van der Waals surface area (Å²) in [7, 11) is 0. The predicted octanol–water partition coefficient (Wildman–Crippen LogP) is 4.62. The molecular formula is C18H29NO. The van der Waals surface area contributed by atoms with Crippen LogP contribution in [0.1, 0.15) is 63.1 Å². The fraction of sp³-hybridized carbons (Fsp3) is 0.667. The van der Waals surface area contributed by atoms with Gasteiger partial charge < -0.3 is 10.1 Å². The van der Waals surface area contributed by atoms with Gasteiger partial charge in [0.15, 0.2) is 0 Å². The van der Waals surface area contributed by atoms with Gasteiger partial charge in [0, 0.05) is 6.04 Å². The van der Waals surface area contributed by atoms with Crippen LogP contribution in [0, 0.1) is 12.8 Å². The van der Waals surface area contributed by atoms with E-state index < -0.39 is 0 Å². The Morgan fingerprint density at radius 3 is 2.70 bits per heavy atom. The Bertz CT molecular complexity index is 410. The molecular weight excluding hydrogens is 246 g/mol. The monoisotopic (exact) mass is 275 g/mol. The molecule has 1 aliphatic rings. The van der Waals surface area contributed by atoms with Crippen LogP contribution in [0.3, 0.4) is 0 Å². The van der Waals surface area contributed by atoms with Crippen molar-refractivity contribution in [3.63, 3.8) is 0 Å². The zero-order valence-electron chi connectivity index (χ0n) is 13.2. The van der Waals surface area contributed by atoms with Gasteiger partial charge in [-0.25, -0.2) is 0 Å². The van der Waals surface area contributed by atoms with Crippen LogP contribution in [0.25, 0.3) is 0 Å². The smallest absolute Gasteiger partial charge is 0.122 e. The van der Waals surface area contributed by atoms with Crippen molar-refractivity contribution in [1.82, 2.24) is 5.32 Å². The fourth-order valence-electron chi connectivity index (χ4n) is 2.97. The molecule has 20 heavy (non-hydrogen) atoms. The number of rotatable bonds is 7. The minimum absolute atomic E-state index is 0.414. The number of hydrogen-bond donors (Lipinski definition) is 1. The lowest BCUT2D eigenvalue weighted by molar-refractivity contribution is 0.250. The number of benzene rings is 1. The minimum atomic E-state index is 0.414. The molecule has 1 aromatic rings. The van der Waals surface area contributed by atoms with Crippen LogP contribution in [0.2, 0.25) is 0 Å². The van der Waals surface area contributed by atoms with Gasteiger partial charge >= 0.3 is 0 Å². The standard InChI is InChI=1S/C18H29NO/c1-4-11-19-15(3)17-9-10-18(14(2)12-17)20-13-16-7-5-6-8-16/h9-10,12,15-16,19H,4-8,11,13H2,1-3H3. The van der Waals surface area contributed by atoms with Crippen molar-refractivity contribution in [3.05, 3.63) is 29.3 Å². The molecule has 0 saturated heterocycles. The Kier molecular flexibility index (Phi) is 5.90. The van der Waals surface area contributed by atoms with Crippen LogP contribution < -0.4 is 10.1 Å². The highest BCUT2D eigenvalue weighted by Gasteiger charge is 2.16. The molecule has 1 fully saturated rings. The van der Waals surface area contributed by atoms with Gasteiger partial charge in [0.1, 0.15) is 5.75 Å². The first-order chi connectivity index (χ1) is 9.70. The van der Waals surface area contributed by atoms with E-state index in [0.717, 1.165) is 24.8 Å². The van der Waals surface area contributed by atoms with Crippen molar-refractivity contribution in [2.75, 3.05) is 13.2 Å². The molecule has 2 heteroatoms. The molecule has 0 bridgehead atoms. The molecule has 0 spiro atoms. The second-order valence-corrected chi connectivity index (χ2v) is 6.16. The first-order valence-electron chi connectivity index (χ1n) is 8.17. The SMILES string of the molecule is CCCNC(C)c1ccc(OCC2CCCC2)c(C)c1. The predicted molar refractivity (Wildman–Crippen MR) is 85.3 cm³/mol. The van der Waals surface area contributed by atoms with Gasteiger partial charge in [-0.15, -0.1) is 0 Å². The van der Waals surface area contributed by atoms with Gasteiger partial charge in [0.05, 0.1) is 6.61 Å². The first-order valence-corrected chi connectivity index (χ1v) is 8.17. The van der Waals surface area contributed by atoms with Gasteiger partial charge in [-0.05, 0) is 62.8 Å². The summed E-state index contributed by atoms with van der Waals surface area (Å²) in [6, 6.07) is 7.02. The molecule has 0 amide bonds. The summed E-state index contributed by atoms with van der Waals surface area (Å²) < 4.78 is 6.02. The summed E-state index contributed by atoms with van der Waals surface area (Å²) in [5.74, 6) is 1.84. The molecule has 1 unspecified atom stereocenters. The average molecular weight is 275 g/mol. The lowest BCUT2D eigenvalue weighted by atomic mass is 10.0. The Morgan fingerprint density at radius 2 is 2.05 bits per heavy atom. The summed E-state index contributed by atoms with van der Waals surface area (Å²) in [4.78, 5) is 0. The number of nitrogens with one attached hydrogen (secondary N) is 1. The van der Waals surface area contributed by atoms with Gasteiger partial charge in [0.2, 0.25) is 0 Å². The van der Waals surface area contributed by atoms with Crippen LogP contribution in [0.15, 0.2) is 18.2 Å². The van der Waals surface area contributed by atoms with E-state index >= 15 is 0 Å². The summed E-state index contributed by atoms with van der Waals surface area (Å²) in [5, 5.41) is 3.53. The molecule has 2 nitrogen and oxygen atoms in total. The van der Waals surface area contributed by atoms with E-state index in [4.69, 9.17) is 4.74 Å². The van der Waals surface area contributed by atoms with Gasteiger partial charge in [-0.1, -0.05) is 31.9 Å². The Hall–Kier alpha value is -1.02. The summed E-state index contributed by atoms with van der Waals surface area (Å²) >= 11 is 0. The van der Waals surface area contributed by atoms with E-state index in [-0.39, 0.29) is 0 Å². The molecule has 0 aliphatic heterocycles. The van der Waals surface area contributed by atoms with Crippen LogP contribution >= 0.6 is 0 Å². The van der Waals surface area contributed by atoms with Crippen LogP contribution in [0.4, 0.5) is 0 Å². The molecule has 0 aromatic heterocycles. The Labute approximate surface area is 123 Å². The minimum Gasteiger partial charge on any atom is -0.493 e. The van der Waals surface area contributed by atoms with Crippen LogP contribution in [0.5, 0.6) is 5.75 Å². The number of hydrogen-bond acceptors (Lipinski definition) is 2. The fourth-order valence-corrected chi connectivity index (χ4v) is 2.97. The molecule has 1 saturated carbocycles.